The average molecular weight is 460 g/mol. The van der Waals surface area contributed by atoms with Crippen molar-refractivity contribution in [2.24, 2.45) is 5.41 Å². The number of rotatable bonds is 7. The van der Waals surface area contributed by atoms with Crippen molar-refractivity contribution in [2.45, 2.75) is 38.8 Å². The van der Waals surface area contributed by atoms with Crippen LogP contribution in [0.2, 0.25) is 0 Å². The predicted molar refractivity (Wildman–Crippen MR) is 126 cm³/mol. The second-order valence-electron chi connectivity index (χ2n) is 9.55. The van der Waals surface area contributed by atoms with Crippen molar-refractivity contribution in [3.8, 4) is 11.3 Å². The number of benzene rings is 2. The fourth-order valence-corrected chi connectivity index (χ4v) is 5.28. The third-order valence-corrected chi connectivity index (χ3v) is 7.13. The SMILES string of the molecule is C=C[C@H](c1ccc(C(=O)O)cc1)N1Cc2cc(-c3n[nH]c4c3CC(C)(CCF)C4)ccc2C1=O. The van der Waals surface area contributed by atoms with Gasteiger partial charge in [0.25, 0.3) is 5.91 Å². The highest BCUT2D eigenvalue weighted by Gasteiger charge is 2.37. The Bertz CT molecular complexity index is 1300. The van der Waals surface area contributed by atoms with Gasteiger partial charge >= 0.3 is 5.97 Å². The Hall–Kier alpha value is -3.74. The molecule has 0 bridgehead atoms. The van der Waals surface area contributed by atoms with E-state index in [0.717, 1.165) is 46.5 Å². The Morgan fingerprint density at radius 1 is 1.29 bits per heavy atom. The number of carboxylic acids is 1. The molecule has 1 unspecified atom stereocenters. The van der Waals surface area contributed by atoms with E-state index in [1.54, 1.807) is 23.1 Å². The number of hydrogen-bond donors (Lipinski definition) is 2. The highest BCUT2D eigenvalue weighted by atomic mass is 19.1. The number of carbonyl (C=O) groups excluding carboxylic acids is 1. The molecule has 174 valence electrons. The number of fused-ring (bicyclic) bond motifs is 2. The van der Waals surface area contributed by atoms with Gasteiger partial charge in [0.15, 0.2) is 0 Å². The first-order valence-corrected chi connectivity index (χ1v) is 11.4. The monoisotopic (exact) mass is 459 g/mol. The molecule has 2 atom stereocenters. The predicted octanol–water partition coefficient (Wildman–Crippen LogP) is 5.12. The van der Waals surface area contributed by atoms with Crippen molar-refractivity contribution >= 4 is 11.9 Å². The van der Waals surface area contributed by atoms with Gasteiger partial charge in [-0.25, -0.2) is 4.79 Å². The number of alkyl halides is 1. The zero-order valence-corrected chi connectivity index (χ0v) is 19.0. The number of hydrogen-bond acceptors (Lipinski definition) is 3. The quantitative estimate of drug-likeness (QED) is 0.480. The fraction of sp³-hybridized carbons (Fsp3) is 0.296. The van der Waals surface area contributed by atoms with Crippen molar-refractivity contribution in [3.05, 3.63) is 88.6 Å². The van der Waals surface area contributed by atoms with E-state index >= 15 is 0 Å². The van der Waals surface area contributed by atoms with E-state index in [1.807, 2.05) is 18.2 Å². The van der Waals surface area contributed by atoms with Gasteiger partial charge in [-0.15, -0.1) is 6.58 Å². The van der Waals surface area contributed by atoms with Crippen molar-refractivity contribution in [1.82, 2.24) is 15.1 Å². The highest BCUT2D eigenvalue weighted by molar-refractivity contribution is 5.99. The minimum absolute atomic E-state index is 0.0865. The van der Waals surface area contributed by atoms with Crippen LogP contribution < -0.4 is 0 Å². The largest absolute Gasteiger partial charge is 0.478 e. The normalized spacial score (nSPS) is 19.7. The molecule has 1 aliphatic heterocycles. The molecule has 7 heteroatoms. The fourth-order valence-electron chi connectivity index (χ4n) is 5.28. The van der Waals surface area contributed by atoms with Gasteiger partial charge in [-0.2, -0.15) is 5.10 Å². The van der Waals surface area contributed by atoms with E-state index in [-0.39, 0.29) is 29.6 Å². The van der Waals surface area contributed by atoms with Gasteiger partial charge in [-0.05, 0) is 60.1 Å². The molecule has 2 aromatic carbocycles. The number of halogens is 1. The number of carbonyl (C=O) groups is 2. The molecule has 1 aromatic heterocycles. The Balaban J connectivity index is 1.42. The van der Waals surface area contributed by atoms with Crippen molar-refractivity contribution in [1.29, 1.82) is 0 Å². The van der Waals surface area contributed by atoms with Gasteiger partial charge in [-0.3, -0.25) is 14.3 Å². The van der Waals surface area contributed by atoms with Crippen LogP contribution in [0.15, 0.2) is 55.1 Å². The van der Waals surface area contributed by atoms with Gasteiger partial charge in [0.1, 0.15) is 0 Å². The summed E-state index contributed by atoms with van der Waals surface area (Å²) >= 11 is 0. The van der Waals surface area contributed by atoms with E-state index in [1.165, 1.54) is 12.1 Å². The molecule has 1 aliphatic carbocycles. The van der Waals surface area contributed by atoms with E-state index < -0.39 is 5.97 Å². The summed E-state index contributed by atoms with van der Waals surface area (Å²) in [5, 5.41) is 16.8. The minimum atomic E-state index is -0.992. The molecule has 0 saturated carbocycles. The Morgan fingerprint density at radius 2 is 2.06 bits per heavy atom. The molecular formula is C27H26FN3O3. The Morgan fingerprint density at radius 3 is 2.74 bits per heavy atom. The number of aromatic nitrogens is 2. The van der Waals surface area contributed by atoms with E-state index in [2.05, 4.69) is 23.7 Å². The molecule has 0 spiro atoms. The molecule has 1 amide bonds. The summed E-state index contributed by atoms with van der Waals surface area (Å²) in [6.07, 6.45) is 3.80. The first kappa shape index (κ1) is 22.1. The number of nitrogens with zero attached hydrogens (tertiary/aromatic N) is 2. The number of aromatic carboxylic acids is 1. The lowest BCUT2D eigenvalue weighted by Gasteiger charge is -2.25. The number of aromatic amines is 1. The summed E-state index contributed by atoms with van der Waals surface area (Å²) in [5.74, 6) is -1.08. The molecule has 2 heterocycles. The smallest absolute Gasteiger partial charge is 0.335 e. The van der Waals surface area contributed by atoms with Crippen molar-refractivity contribution < 1.29 is 19.1 Å². The van der Waals surface area contributed by atoms with Crippen LogP contribution in [0.1, 0.15) is 62.5 Å². The molecular weight excluding hydrogens is 433 g/mol. The maximum atomic E-state index is 13.2. The number of H-pyrrole nitrogens is 1. The zero-order chi connectivity index (χ0) is 24.0. The van der Waals surface area contributed by atoms with E-state index in [9.17, 15) is 14.0 Å². The maximum absolute atomic E-state index is 13.2. The second kappa shape index (κ2) is 8.24. The molecule has 6 nitrogen and oxygen atoms in total. The lowest BCUT2D eigenvalue weighted by Crippen LogP contribution is -2.27. The zero-order valence-electron chi connectivity index (χ0n) is 19.0. The van der Waals surface area contributed by atoms with Crippen molar-refractivity contribution in [3.63, 3.8) is 0 Å². The van der Waals surface area contributed by atoms with Crippen LogP contribution in [0.25, 0.3) is 11.3 Å². The molecule has 0 radical (unpaired) electrons. The van der Waals surface area contributed by atoms with Crippen LogP contribution >= 0.6 is 0 Å². The van der Waals surface area contributed by atoms with Crippen LogP contribution in [0.3, 0.4) is 0 Å². The minimum Gasteiger partial charge on any atom is -0.478 e. The first-order valence-electron chi connectivity index (χ1n) is 11.4. The Labute approximate surface area is 197 Å². The lowest BCUT2D eigenvalue weighted by molar-refractivity contribution is 0.0693. The van der Waals surface area contributed by atoms with Crippen LogP contribution in [-0.2, 0) is 19.4 Å². The van der Waals surface area contributed by atoms with E-state index in [0.29, 0.717) is 18.5 Å². The summed E-state index contributed by atoms with van der Waals surface area (Å²) in [7, 11) is 0. The van der Waals surface area contributed by atoms with E-state index in [4.69, 9.17) is 5.11 Å². The molecule has 2 aliphatic rings. The van der Waals surface area contributed by atoms with Crippen molar-refractivity contribution in [2.75, 3.05) is 6.67 Å². The summed E-state index contributed by atoms with van der Waals surface area (Å²) in [5.41, 5.74) is 6.49. The summed E-state index contributed by atoms with van der Waals surface area (Å²) in [4.78, 5) is 26.1. The van der Waals surface area contributed by atoms with Gasteiger partial charge in [-0.1, -0.05) is 31.2 Å². The van der Waals surface area contributed by atoms with Crippen LogP contribution in [0.5, 0.6) is 0 Å². The third kappa shape index (κ3) is 3.61. The number of amides is 1. The summed E-state index contributed by atoms with van der Waals surface area (Å²) in [6, 6.07) is 11.9. The maximum Gasteiger partial charge on any atom is 0.335 e. The molecule has 3 aromatic rings. The standard InChI is InChI=1S/C27H26FN3O3/c1-3-23(16-4-6-17(7-5-16)26(33)34)31-15-19-12-18(8-9-20(19)25(31)32)24-21-13-27(2,10-11-28)14-22(21)29-30-24/h3-9,12,23H,1,10-11,13-15H2,2H3,(H,29,30)(H,33,34)/t23-,27?/m1/s1. The molecule has 5 rings (SSSR count). The van der Waals surface area contributed by atoms with Gasteiger partial charge in [0.05, 0.1) is 24.0 Å². The highest BCUT2D eigenvalue weighted by Crippen LogP contribution is 2.43. The molecule has 0 fully saturated rings. The van der Waals surface area contributed by atoms with Crippen LogP contribution in [0.4, 0.5) is 4.39 Å². The topological polar surface area (TPSA) is 86.3 Å². The summed E-state index contributed by atoms with van der Waals surface area (Å²) < 4.78 is 13.0. The second-order valence-corrected chi connectivity index (χ2v) is 9.55. The molecule has 34 heavy (non-hydrogen) atoms. The van der Waals surface area contributed by atoms with Gasteiger partial charge < -0.3 is 10.0 Å². The van der Waals surface area contributed by atoms with Gasteiger partial charge in [0, 0.05) is 28.9 Å². The molecule has 2 N–H and O–H groups in total. The molecule has 0 saturated heterocycles. The summed E-state index contributed by atoms with van der Waals surface area (Å²) in [6.45, 7) is 6.12. The van der Waals surface area contributed by atoms with Crippen LogP contribution in [0, 0.1) is 5.41 Å². The Kier molecular flexibility index (Phi) is 5.35. The first-order chi connectivity index (χ1) is 16.3. The number of carboxylic acid groups (broad SMARTS) is 1. The van der Waals surface area contributed by atoms with Crippen LogP contribution in [-0.4, -0.2) is 38.8 Å². The number of nitrogens with one attached hydrogen (secondary N) is 1. The average Bonchev–Trinajstić information content (AvgIpc) is 3.45. The van der Waals surface area contributed by atoms with Gasteiger partial charge in [0.2, 0.25) is 0 Å². The lowest BCUT2D eigenvalue weighted by atomic mass is 9.84. The third-order valence-electron chi connectivity index (χ3n) is 7.13.